The molecular weight excluding hydrogens is 312 g/mol. The lowest BCUT2D eigenvalue weighted by Crippen LogP contribution is -2.15. The minimum absolute atomic E-state index is 0.00831. The standard InChI is InChI=1S/C16H22N4O4/c1-22-13-8-12(9-14(23-2)16(13)24-3)18-15(21)7-10-4-5-11(6-10)19-20-17/h8-11H,4-7H2,1-3H3,(H,18,21). The monoisotopic (exact) mass is 334 g/mol. The number of amides is 1. The Balaban J connectivity index is 2.02. The zero-order valence-corrected chi connectivity index (χ0v) is 14.1. The van der Waals surface area contributed by atoms with E-state index in [0.29, 0.717) is 29.4 Å². The first-order valence-electron chi connectivity index (χ1n) is 7.75. The highest BCUT2D eigenvalue weighted by Crippen LogP contribution is 2.40. The second-order valence-corrected chi connectivity index (χ2v) is 5.70. The quantitative estimate of drug-likeness (QED) is 0.468. The number of methoxy groups -OCH3 is 3. The lowest BCUT2D eigenvalue weighted by molar-refractivity contribution is -0.117. The van der Waals surface area contributed by atoms with Gasteiger partial charge in [0, 0.05) is 35.2 Å². The molecule has 1 amide bonds. The first-order valence-corrected chi connectivity index (χ1v) is 7.75. The van der Waals surface area contributed by atoms with Crippen molar-refractivity contribution < 1.29 is 19.0 Å². The molecule has 1 aromatic carbocycles. The number of anilines is 1. The van der Waals surface area contributed by atoms with Crippen molar-refractivity contribution in [3.05, 3.63) is 22.6 Å². The molecular formula is C16H22N4O4. The Labute approximate surface area is 140 Å². The average Bonchev–Trinajstić information content (AvgIpc) is 3.01. The molecule has 24 heavy (non-hydrogen) atoms. The van der Waals surface area contributed by atoms with Gasteiger partial charge in [-0.3, -0.25) is 4.79 Å². The number of carbonyl (C=O) groups is 1. The lowest BCUT2D eigenvalue weighted by atomic mass is 10.0. The number of nitrogens with zero attached hydrogens (tertiary/aromatic N) is 3. The highest BCUT2D eigenvalue weighted by atomic mass is 16.5. The zero-order valence-electron chi connectivity index (χ0n) is 14.1. The van der Waals surface area contributed by atoms with Gasteiger partial charge < -0.3 is 19.5 Å². The van der Waals surface area contributed by atoms with Crippen LogP contribution < -0.4 is 19.5 Å². The predicted octanol–water partition coefficient (Wildman–Crippen LogP) is 3.52. The molecule has 0 aromatic heterocycles. The maximum Gasteiger partial charge on any atom is 0.224 e. The van der Waals surface area contributed by atoms with E-state index < -0.39 is 0 Å². The Kier molecular flexibility index (Phi) is 6.14. The van der Waals surface area contributed by atoms with E-state index >= 15 is 0 Å². The average molecular weight is 334 g/mol. The number of ether oxygens (including phenoxy) is 3. The van der Waals surface area contributed by atoms with Crippen molar-refractivity contribution in [2.75, 3.05) is 26.6 Å². The summed E-state index contributed by atoms with van der Waals surface area (Å²) >= 11 is 0. The van der Waals surface area contributed by atoms with E-state index in [4.69, 9.17) is 19.7 Å². The summed E-state index contributed by atoms with van der Waals surface area (Å²) in [6, 6.07) is 3.39. The molecule has 0 heterocycles. The molecule has 2 rings (SSSR count). The van der Waals surface area contributed by atoms with Gasteiger partial charge in [-0.25, -0.2) is 0 Å². The molecule has 8 heteroatoms. The van der Waals surface area contributed by atoms with Crippen LogP contribution in [0.3, 0.4) is 0 Å². The molecule has 2 atom stereocenters. The fraction of sp³-hybridized carbons (Fsp3) is 0.562. The van der Waals surface area contributed by atoms with E-state index in [1.54, 1.807) is 12.1 Å². The smallest absolute Gasteiger partial charge is 0.224 e. The number of carbonyl (C=O) groups excluding carboxylic acids is 1. The van der Waals surface area contributed by atoms with Gasteiger partial charge in [-0.05, 0) is 30.7 Å². The van der Waals surface area contributed by atoms with Crippen LogP contribution in [-0.4, -0.2) is 33.3 Å². The lowest BCUT2D eigenvalue weighted by Gasteiger charge is -2.15. The molecule has 0 radical (unpaired) electrons. The van der Waals surface area contributed by atoms with Crippen molar-refractivity contribution in [1.82, 2.24) is 0 Å². The first kappa shape index (κ1) is 17.7. The molecule has 1 aromatic rings. The number of hydrogen-bond acceptors (Lipinski definition) is 5. The minimum Gasteiger partial charge on any atom is -0.493 e. The third-order valence-electron chi connectivity index (χ3n) is 4.15. The molecule has 0 spiro atoms. The first-order chi connectivity index (χ1) is 11.6. The summed E-state index contributed by atoms with van der Waals surface area (Å²) in [6.45, 7) is 0. The Hall–Kier alpha value is -2.60. The Morgan fingerprint density at radius 2 is 1.92 bits per heavy atom. The van der Waals surface area contributed by atoms with Crippen LogP contribution in [0.25, 0.3) is 10.4 Å². The summed E-state index contributed by atoms with van der Waals surface area (Å²) in [7, 11) is 4.58. The van der Waals surface area contributed by atoms with Crippen molar-refractivity contribution in [2.45, 2.75) is 31.7 Å². The van der Waals surface area contributed by atoms with Gasteiger partial charge in [-0.15, -0.1) is 0 Å². The van der Waals surface area contributed by atoms with Gasteiger partial charge in [0.2, 0.25) is 11.7 Å². The second kappa shape index (κ2) is 8.31. The number of benzene rings is 1. The number of azide groups is 1. The van der Waals surface area contributed by atoms with Crippen molar-refractivity contribution >= 4 is 11.6 Å². The highest BCUT2D eigenvalue weighted by Gasteiger charge is 2.26. The number of nitrogens with one attached hydrogen (secondary N) is 1. The fourth-order valence-electron chi connectivity index (χ4n) is 3.04. The minimum atomic E-state index is -0.0872. The summed E-state index contributed by atoms with van der Waals surface area (Å²) in [5.41, 5.74) is 9.06. The van der Waals surface area contributed by atoms with Crippen LogP contribution in [-0.2, 0) is 4.79 Å². The van der Waals surface area contributed by atoms with Gasteiger partial charge in [0.25, 0.3) is 0 Å². The maximum atomic E-state index is 12.3. The second-order valence-electron chi connectivity index (χ2n) is 5.70. The molecule has 1 N–H and O–H groups in total. The fourth-order valence-corrected chi connectivity index (χ4v) is 3.04. The molecule has 1 aliphatic carbocycles. The van der Waals surface area contributed by atoms with E-state index in [1.807, 2.05) is 0 Å². The van der Waals surface area contributed by atoms with Crippen LogP contribution in [0.2, 0.25) is 0 Å². The van der Waals surface area contributed by atoms with Crippen molar-refractivity contribution in [3.63, 3.8) is 0 Å². The predicted molar refractivity (Wildman–Crippen MR) is 89.6 cm³/mol. The topological polar surface area (TPSA) is 106 Å². The molecule has 2 unspecified atom stereocenters. The van der Waals surface area contributed by atoms with Crippen LogP contribution in [0.15, 0.2) is 17.2 Å². The molecule has 0 aliphatic heterocycles. The van der Waals surface area contributed by atoms with Crippen LogP contribution in [0.1, 0.15) is 25.7 Å². The highest BCUT2D eigenvalue weighted by molar-refractivity contribution is 5.91. The van der Waals surface area contributed by atoms with Crippen molar-refractivity contribution in [3.8, 4) is 17.2 Å². The van der Waals surface area contributed by atoms with Gasteiger partial charge in [0.05, 0.1) is 21.3 Å². The summed E-state index contributed by atoms with van der Waals surface area (Å²) in [6.07, 6.45) is 2.89. The molecule has 0 bridgehead atoms. The van der Waals surface area contributed by atoms with Gasteiger partial charge in [0.1, 0.15) is 0 Å². The third kappa shape index (κ3) is 4.23. The summed E-state index contributed by atoms with van der Waals surface area (Å²) in [4.78, 5) is 15.1. The van der Waals surface area contributed by atoms with Gasteiger partial charge in [0.15, 0.2) is 11.5 Å². The largest absolute Gasteiger partial charge is 0.493 e. The van der Waals surface area contributed by atoms with Crippen molar-refractivity contribution in [1.29, 1.82) is 0 Å². The van der Waals surface area contributed by atoms with Gasteiger partial charge in [-0.1, -0.05) is 5.11 Å². The summed E-state index contributed by atoms with van der Waals surface area (Å²) in [5.74, 6) is 1.59. The SMILES string of the molecule is COc1cc(NC(=O)CC2CCC(N=[N+]=[N-])C2)cc(OC)c1OC. The van der Waals surface area contributed by atoms with E-state index in [-0.39, 0.29) is 17.9 Å². The van der Waals surface area contributed by atoms with Crippen LogP contribution >= 0.6 is 0 Å². The van der Waals surface area contributed by atoms with E-state index in [1.165, 1.54) is 21.3 Å². The molecule has 130 valence electrons. The normalized spacial score (nSPS) is 19.3. The zero-order chi connectivity index (χ0) is 17.5. The third-order valence-corrected chi connectivity index (χ3v) is 4.15. The molecule has 1 saturated carbocycles. The Morgan fingerprint density at radius 1 is 1.25 bits per heavy atom. The van der Waals surface area contributed by atoms with Gasteiger partial charge >= 0.3 is 0 Å². The van der Waals surface area contributed by atoms with E-state index in [2.05, 4.69) is 15.3 Å². The van der Waals surface area contributed by atoms with Crippen molar-refractivity contribution in [2.24, 2.45) is 11.0 Å². The Bertz CT molecular complexity index is 618. The molecule has 1 fully saturated rings. The van der Waals surface area contributed by atoms with Crippen LogP contribution in [0.5, 0.6) is 17.2 Å². The van der Waals surface area contributed by atoms with E-state index in [9.17, 15) is 4.79 Å². The molecule has 8 nitrogen and oxygen atoms in total. The van der Waals surface area contributed by atoms with Gasteiger partial charge in [-0.2, -0.15) is 0 Å². The number of rotatable bonds is 7. The molecule has 1 aliphatic rings. The van der Waals surface area contributed by atoms with E-state index in [0.717, 1.165) is 19.3 Å². The summed E-state index contributed by atoms with van der Waals surface area (Å²) < 4.78 is 15.8. The molecule has 0 saturated heterocycles. The Morgan fingerprint density at radius 3 is 2.46 bits per heavy atom. The van der Waals surface area contributed by atoms with Crippen LogP contribution in [0, 0.1) is 5.92 Å². The number of hydrogen-bond donors (Lipinski definition) is 1. The maximum absolute atomic E-state index is 12.3. The summed E-state index contributed by atoms with van der Waals surface area (Å²) in [5, 5.41) is 6.59. The van der Waals surface area contributed by atoms with Crippen LogP contribution in [0.4, 0.5) is 5.69 Å².